The Morgan fingerprint density at radius 3 is 1.77 bits per heavy atom. The van der Waals surface area contributed by atoms with Crippen LogP contribution in [-0.2, 0) is 53.3 Å². The molecule has 0 fully saturated rings. The molecule has 75 heavy (non-hydrogen) atoms. The maximum Gasteiger partial charge on any atom is 1.00 e. The molecule has 1 heterocycles. The number of anilines is 7. The summed E-state index contributed by atoms with van der Waals surface area (Å²) in [5, 5.41) is 60.1. The van der Waals surface area contributed by atoms with Gasteiger partial charge in [-0.25, -0.2) is 25.3 Å². The number of phenolic OH excluding ortho intramolecular Hbond substituents is 1. The number of hydrogen-bond acceptors (Lipinski definition) is 27. The van der Waals surface area contributed by atoms with Crippen molar-refractivity contribution in [3.63, 3.8) is 0 Å². The first kappa shape index (κ1) is 66.3. The molecular formula is C40H29N9Na4O17S5. The number of aromatic nitrogens is 3. The Bertz CT molecular complexity index is 3470. The quantitative estimate of drug-likeness (QED) is 0.00801. The molecule has 0 radical (unpaired) electrons. The molecule has 0 saturated carbocycles. The van der Waals surface area contributed by atoms with E-state index in [1.807, 2.05) is 0 Å². The Morgan fingerprint density at radius 2 is 1.19 bits per heavy atom. The van der Waals surface area contributed by atoms with Crippen molar-refractivity contribution in [2.75, 3.05) is 33.6 Å². The Morgan fingerprint density at radius 1 is 0.627 bits per heavy atom. The van der Waals surface area contributed by atoms with Crippen molar-refractivity contribution in [3.05, 3.63) is 127 Å². The predicted molar refractivity (Wildman–Crippen MR) is 245 cm³/mol. The van der Waals surface area contributed by atoms with E-state index in [4.69, 9.17) is 0 Å². The van der Waals surface area contributed by atoms with Gasteiger partial charge in [-0.15, -0.1) is 5.11 Å². The van der Waals surface area contributed by atoms with E-state index in [2.05, 4.69) is 69.4 Å². The molecular weight excluding hydrogens is 1130 g/mol. The molecule has 0 bridgehead atoms. The van der Waals surface area contributed by atoms with Gasteiger partial charge in [-0.1, -0.05) is 12.1 Å². The van der Waals surface area contributed by atoms with Crippen molar-refractivity contribution in [1.82, 2.24) is 15.0 Å². The second-order valence-corrected chi connectivity index (χ2v) is 20.0. The molecule has 0 spiro atoms. The van der Waals surface area contributed by atoms with Gasteiger partial charge >= 0.3 is 118 Å². The molecule has 0 saturated heterocycles. The zero-order valence-electron chi connectivity index (χ0n) is 39.2. The number of nitrogens with one attached hydrogen (secondary N) is 4. The fourth-order valence-corrected chi connectivity index (χ4v) is 8.99. The number of fused-ring (bicyclic) bond motifs is 1. The summed E-state index contributed by atoms with van der Waals surface area (Å²) in [7, 11) is -13.9. The molecule has 7 aromatic rings. The van der Waals surface area contributed by atoms with Crippen LogP contribution in [0, 0.1) is 0 Å². The average Bonchev–Trinajstić information content (AvgIpc) is 3.32. The summed E-state index contributed by atoms with van der Waals surface area (Å²) in [4.78, 5) is 26.0. The number of hydrogen-bond donors (Lipinski definition) is 5. The van der Waals surface area contributed by atoms with Gasteiger partial charge in [-0.05, 0) is 115 Å². The summed E-state index contributed by atoms with van der Waals surface area (Å²) in [6.45, 7) is -0.867. The van der Waals surface area contributed by atoms with Crippen molar-refractivity contribution >= 4 is 123 Å². The van der Waals surface area contributed by atoms with Gasteiger partial charge in [0, 0.05) is 38.6 Å². The summed E-state index contributed by atoms with van der Waals surface area (Å²) in [5.41, 5.74) is 1.40. The number of carbonyl (C=O) groups is 1. The molecule has 1 aromatic heterocycles. The Balaban J connectivity index is 0.00000371. The number of carbonyl (C=O) groups excluding carboxylic acids is 1. The van der Waals surface area contributed by atoms with Crippen LogP contribution in [0.5, 0.6) is 5.75 Å². The van der Waals surface area contributed by atoms with E-state index in [0.29, 0.717) is 45.7 Å². The van der Waals surface area contributed by atoms with E-state index >= 15 is 0 Å². The Kier molecular flexibility index (Phi) is 26.9. The van der Waals surface area contributed by atoms with E-state index in [1.165, 1.54) is 72.8 Å². The zero-order valence-corrected chi connectivity index (χ0v) is 51.3. The first-order chi connectivity index (χ1) is 33.8. The predicted octanol–water partition coefficient (Wildman–Crippen LogP) is -6.74. The molecule has 0 aliphatic heterocycles. The molecule has 0 aliphatic rings. The maximum absolute atomic E-state index is 13.0. The molecule has 26 nitrogen and oxygen atoms in total. The van der Waals surface area contributed by atoms with E-state index in [-0.39, 0.29) is 185 Å². The fraction of sp³-hybridized carbons (Fsp3) is 0.0500. The van der Waals surface area contributed by atoms with Crippen molar-refractivity contribution in [2.45, 2.75) is 19.6 Å². The van der Waals surface area contributed by atoms with Crippen molar-refractivity contribution in [1.29, 1.82) is 0 Å². The Labute approximate surface area is 523 Å². The first-order valence-corrected chi connectivity index (χ1v) is 25.3. The first-order valence-electron chi connectivity index (χ1n) is 19.4. The minimum atomic E-state index is -5.07. The molecule has 35 heteroatoms. The molecule has 0 unspecified atom stereocenters. The van der Waals surface area contributed by atoms with Crippen LogP contribution in [0.25, 0.3) is 10.8 Å². The van der Waals surface area contributed by atoms with Crippen LogP contribution in [0.15, 0.2) is 151 Å². The molecule has 6 aromatic carbocycles. The van der Waals surface area contributed by atoms with Crippen LogP contribution in [0.4, 0.5) is 52.0 Å². The number of aromatic hydroxyl groups is 1. The van der Waals surface area contributed by atoms with Crippen LogP contribution in [0.1, 0.15) is 10.4 Å². The number of rotatable bonds is 22. The molecule has 1 amide bonds. The largest absolute Gasteiger partial charge is 1.00 e. The fourth-order valence-electron chi connectivity index (χ4n) is 6.08. The van der Waals surface area contributed by atoms with Crippen LogP contribution >= 0.6 is 24.1 Å². The third-order valence-electron chi connectivity index (χ3n) is 9.17. The molecule has 5 N–H and O–H groups in total. The van der Waals surface area contributed by atoms with Crippen LogP contribution < -0.4 is 150 Å². The minimum absolute atomic E-state index is 0. The molecule has 0 atom stereocenters. The zero-order chi connectivity index (χ0) is 50.8. The van der Waals surface area contributed by atoms with Gasteiger partial charge in [0.1, 0.15) is 15.8 Å². The smallest absolute Gasteiger partial charge is 0.744 e. The van der Waals surface area contributed by atoms with Gasteiger partial charge in [-0.3, -0.25) is 19.1 Å². The SMILES string of the molecule is O=C(Nc1ccc(S(=O)(=O)CCOS(=O)(=O)[O-])cc1)c1ccc(N=Nc2c(SOO[O-])cc3cc(Nc4nc(Nc5cccc(SOO[O-])c5)nc(Nc5cccc(S(=O)(=O)[O-])c5)n4)ccc3c2O)cc1.[Na+].[Na+].[Na+].[Na+]. The third kappa shape index (κ3) is 19.7. The summed E-state index contributed by atoms with van der Waals surface area (Å²) < 4.78 is 105. The van der Waals surface area contributed by atoms with E-state index < -0.39 is 53.5 Å². The van der Waals surface area contributed by atoms with Gasteiger partial charge in [0.15, 0.2) is 15.6 Å². The van der Waals surface area contributed by atoms with E-state index in [9.17, 15) is 54.8 Å². The summed E-state index contributed by atoms with van der Waals surface area (Å²) in [6.07, 6.45) is 0. The third-order valence-corrected chi connectivity index (χ3v) is 13.3. The summed E-state index contributed by atoms with van der Waals surface area (Å²) in [6, 6.07) is 28.4. The van der Waals surface area contributed by atoms with Gasteiger partial charge in [0.2, 0.25) is 28.2 Å². The topological polar surface area (TPSA) is 390 Å². The summed E-state index contributed by atoms with van der Waals surface area (Å²) >= 11 is 1.06. The second kappa shape index (κ2) is 30.4. The van der Waals surface area contributed by atoms with E-state index in [1.54, 1.807) is 36.4 Å². The monoisotopic (exact) mass is 1160 g/mol. The number of nitrogens with zero attached hydrogens (tertiary/aromatic N) is 5. The van der Waals surface area contributed by atoms with Crippen LogP contribution in [0.2, 0.25) is 0 Å². The summed E-state index contributed by atoms with van der Waals surface area (Å²) in [5.74, 6) is -1.95. The van der Waals surface area contributed by atoms with Crippen molar-refractivity contribution in [3.8, 4) is 5.75 Å². The minimum Gasteiger partial charge on any atom is -0.744 e. The van der Waals surface area contributed by atoms with Gasteiger partial charge in [0.25, 0.3) is 5.91 Å². The molecule has 0 aliphatic carbocycles. The van der Waals surface area contributed by atoms with Gasteiger partial charge in [0.05, 0.1) is 56.8 Å². The van der Waals surface area contributed by atoms with Crippen LogP contribution in [0.3, 0.4) is 0 Å². The standard InChI is InChI=1S/C40H33N9O17S5.4Na/c50-36-33-16-13-29(44-40-46-38(42-27-3-1-5-30(21-27)67-65-63-52)45-39(47-40)43-28-4-2-6-32(22-28)70(56,57)58)19-24(33)20-34(68-66-64-53)35(36)49-48-26-9-7-23(8-10-26)37(51)41-25-11-14-31(15-12-25)69(54,55)18-17-62-71(59,60)61;;;;/h1-16,19-22,50,52-53H,17-18H2,(H,41,51)(H,56,57,58)(H,59,60,61)(H3,42,43,44,45,46,47);;;;/q;4*+1/p-4. The van der Waals surface area contributed by atoms with Crippen molar-refractivity contribution < 1.29 is 196 Å². The van der Waals surface area contributed by atoms with Crippen molar-refractivity contribution in [2.24, 2.45) is 10.2 Å². The van der Waals surface area contributed by atoms with E-state index in [0.717, 1.165) is 12.1 Å². The molecule has 370 valence electrons. The van der Waals surface area contributed by atoms with Gasteiger partial charge < -0.3 is 46.0 Å². The van der Waals surface area contributed by atoms with Gasteiger partial charge in [-0.2, -0.15) is 28.7 Å². The number of azo groups is 1. The number of benzene rings is 6. The number of phenols is 1. The number of amides is 1. The van der Waals surface area contributed by atoms with Crippen LogP contribution in [-0.4, -0.2) is 72.7 Å². The molecule has 7 rings (SSSR count). The Hall–Kier alpha value is -2.95. The normalized spacial score (nSPS) is 11.4. The maximum atomic E-state index is 13.0. The average molecular weight is 1160 g/mol. The second-order valence-electron chi connectivity index (χ2n) is 13.9. The number of sulfone groups is 1.